The van der Waals surface area contributed by atoms with E-state index in [4.69, 9.17) is 9.47 Å². The molecule has 1 aromatic rings. The topological polar surface area (TPSA) is 72.8 Å². The molecule has 4 unspecified atom stereocenters. The lowest BCUT2D eigenvalue weighted by Gasteiger charge is -2.31. The lowest BCUT2D eigenvalue weighted by Crippen LogP contribution is -2.31. The van der Waals surface area contributed by atoms with Crippen LogP contribution in [0, 0.1) is 23.7 Å². The second-order valence-corrected chi connectivity index (χ2v) is 6.96. The van der Waals surface area contributed by atoms with E-state index in [9.17, 15) is 14.7 Å². The number of methoxy groups -OCH3 is 1. The van der Waals surface area contributed by atoms with E-state index in [0.29, 0.717) is 11.8 Å². The molecule has 1 aromatic carbocycles. The minimum atomic E-state index is -0.560. The van der Waals surface area contributed by atoms with Crippen LogP contribution in [0.1, 0.15) is 41.0 Å². The average molecular weight is 344 g/mol. The van der Waals surface area contributed by atoms with Gasteiger partial charge in [-0.3, -0.25) is 0 Å². The van der Waals surface area contributed by atoms with E-state index in [0.717, 1.165) is 6.42 Å². The Morgan fingerprint density at radius 2 is 1.60 bits per heavy atom. The summed E-state index contributed by atoms with van der Waals surface area (Å²) in [4.78, 5) is 24.3. The molecular weight excluding hydrogens is 320 g/mol. The molecule has 0 aliphatic heterocycles. The third-order valence-corrected chi connectivity index (χ3v) is 6.00. The average Bonchev–Trinajstić information content (AvgIpc) is 3.14. The van der Waals surface area contributed by atoms with Crippen LogP contribution in [-0.4, -0.2) is 37.4 Å². The number of benzene rings is 1. The maximum atomic E-state index is 12.5. The Bertz CT molecular complexity index is 721. The fourth-order valence-electron chi connectivity index (χ4n) is 4.50. The van der Waals surface area contributed by atoms with Gasteiger partial charge in [0.2, 0.25) is 0 Å². The number of esters is 2. The summed E-state index contributed by atoms with van der Waals surface area (Å²) < 4.78 is 10.3. The number of ether oxygens (including phenoxy) is 2. The number of hydrogen-bond acceptors (Lipinski definition) is 5. The lowest BCUT2D eigenvalue weighted by atomic mass is 9.77. The Balaban J connectivity index is 1.73. The van der Waals surface area contributed by atoms with Crippen molar-refractivity contribution in [1.82, 2.24) is 0 Å². The molecule has 5 heteroatoms. The summed E-state index contributed by atoms with van der Waals surface area (Å²) in [6.45, 7) is 4.63. The van der Waals surface area contributed by atoms with Gasteiger partial charge in [0, 0.05) is 12.5 Å². The van der Waals surface area contributed by atoms with E-state index in [2.05, 4.69) is 13.8 Å². The highest BCUT2D eigenvalue weighted by Gasteiger charge is 2.49. The molecule has 5 nitrogen and oxygen atoms in total. The van der Waals surface area contributed by atoms with Crippen LogP contribution in [-0.2, 0) is 9.47 Å². The second-order valence-electron chi connectivity index (χ2n) is 6.96. The summed E-state index contributed by atoms with van der Waals surface area (Å²) in [5, 5.41) is 9.77. The predicted molar refractivity (Wildman–Crippen MR) is 92.1 cm³/mol. The van der Waals surface area contributed by atoms with Crippen LogP contribution in [0.5, 0.6) is 0 Å². The van der Waals surface area contributed by atoms with Crippen molar-refractivity contribution in [3.05, 3.63) is 46.5 Å². The van der Waals surface area contributed by atoms with Crippen LogP contribution < -0.4 is 0 Å². The highest BCUT2D eigenvalue weighted by molar-refractivity contribution is 6.03. The normalized spacial score (nSPS) is 27.5. The van der Waals surface area contributed by atoms with Crippen molar-refractivity contribution in [3.63, 3.8) is 0 Å². The standard InChI is InChI=1S/C20H24O5/c1-11-12(2)16-8-15(11)17(9-21)18(16)10-25-20(23)14-7-5-4-6-13(14)19(22)24-3/h4-7,15-18,21H,8-10H2,1-3H3. The lowest BCUT2D eigenvalue weighted by molar-refractivity contribution is 0.0310. The van der Waals surface area contributed by atoms with Crippen molar-refractivity contribution in [2.45, 2.75) is 20.3 Å². The van der Waals surface area contributed by atoms with E-state index in [-0.39, 0.29) is 36.2 Å². The van der Waals surface area contributed by atoms with E-state index in [1.54, 1.807) is 24.3 Å². The van der Waals surface area contributed by atoms with E-state index >= 15 is 0 Å². The Kier molecular flexibility index (Phi) is 4.95. The highest BCUT2D eigenvalue weighted by Crippen LogP contribution is 2.54. The first-order valence-corrected chi connectivity index (χ1v) is 8.62. The molecule has 1 fully saturated rings. The summed E-state index contributed by atoms with van der Waals surface area (Å²) in [6.07, 6.45) is 1.03. The number of allylic oxidation sites excluding steroid dienone is 2. The molecule has 3 rings (SSSR count). The molecule has 2 bridgehead atoms. The summed E-state index contributed by atoms with van der Waals surface area (Å²) in [5.41, 5.74) is 3.16. The van der Waals surface area contributed by atoms with Crippen molar-refractivity contribution >= 4 is 11.9 Å². The van der Waals surface area contributed by atoms with Crippen LogP contribution in [0.15, 0.2) is 35.4 Å². The third kappa shape index (κ3) is 2.97. The second kappa shape index (κ2) is 7.00. The zero-order valence-corrected chi connectivity index (χ0v) is 14.8. The third-order valence-electron chi connectivity index (χ3n) is 6.00. The first-order chi connectivity index (χ1) is 12.0. The summed E-state index contributed by atoms with van der Waals surface area (Å²) >= 11 is 0. The summed E-state index contributed by atoms with van der Waals surface area (Å²) in [7, 11) is 1.28. The molecule has 2 aliphatic rings. The molecule has 0 amide bonds. The Labute approximate surface area is 147 Å². The highest BCUT2D eigenvalue weighted by atomic mass is 16.5. The monoisotopic (exact) mass is 344 g/mol. The van der Waals surface area contributed by atoms with Crippen molar-refractivity contribution in [2.75, 3.05) is 20.3 Å². The van der Waals surface area contributed by atoms with Crippen LogP contribution in [0.2, 0.25) is 0 Å². The molecule has 0 radical (unpaired) electrons. The van der Waals surface area contributed by atoms with Gasteiger partial charge < -0.3 is 14.6 Å². The molecule has 1 saturated carbocycles. The van der Waals surface area contributed by atoms with Crippen LogP contribution in [0.3, 0.4) is 0 Å². The SMILES string of the molecule is COC(=O)c1ccccc1C(=O)OCC1C2CC(C(C)=C2C)C1CO. The maximum Gasteiger partial charge on any atom is 0.339 e. The first-order valence-electron chi connectivity index (χ1n) is 8.62. The number of carbonyl (C=O) groups is 2. The van der Waals surface area contributed by atoms with Crippen molar-refractivity contribution in [2.24, 2.45) is 23.7 Å². The maximum absolute atomic E-state index is 12.5. The number of carbonyl (C=O) groups excluding carboxylic acids is 2. The number of hydrogen-bond donors (Lipinski definition) is 1. The molecule has 0 aromatic heterocycles. The predicted octanol–water partition coefficient (Wildman–Crippen LogP) is 2.84. The van der Waals surface area contributed by atoms with Gasteiger partial charge in [-0.25, -0.2) is 9.59 Å². The number of fused-ring (bicyclic) bond motifs is 2. The van der Waals surface area contributed by atoms with Crippen LogP contribution in [0.25, 0.3) is 0 Å². The van der Waals surface area contributed by atoms with Gasteiger partial charge in [-0.2, -0.15) is 0 Å². The van der Waals surface area contributed by atoms with Gasteiger partial charge in [-0.05, 0) is 50.2 Å². The van der Waals surface area contributed by atoms with Gasteiger partial charge in [-0.1, -0.05) is 23.3 Å². The minimum Gasteiger partial charge on any atom is -0.465 e. The van der Waals surface area contributed by atoms with E-state index in [1.807, 2.05) is 0 Å². The summed E-state index contributed by atoms with van der Waals surface area (Å²) in [5.74, 6) is -0.0638. The fraction of sp³-hybridized carbons (Fsp3) is 0.500. The molecule has 0 spiro atoms. The van der Waals surface area contributed by atoms with Gasteiger partial charge >= 0.3 is 11.9 Å². The quantitative estimate of drug-likeness (QED) is 0.657. The first kappa shape index (κ1) is 17.7. The van der Waals surface area contributed by atoms with E-state index in [1.165, 1.54) is 18.3 Å². The Hall–Kier alpha value is -2.14. The van der Waals surface area contributed by atoms with Gasteiger partial charge in [0.1, 0.15) is 0 Å². The molecule has 2 aliphatic carbocycles. The molecule has 0 saturated heterocycles. The fourth-order valence-corrected chi connectivity index (χ4v) is 4.50. The molecule has 134 valence electrons. The van der Waals surface area contributed by atoms with Crippen molar-refractivity contribution in [1.29, 1.82) is 0 Å². The molecule has 0 heterocycles. The van der Waals surface area contributed by atoms with Crippen molar-refractivity contribution < 1.29 is 24.2 Å². The number of rotatable bonds is 5. The molecule has 1 N–H and O–H groups in total. The summed E-state index contributed by atoms with van der Waals surface area (Å²) in [6, 6.07) is 6.48. The number of aliphatic hydroxyl groups excluding tert-OH is 1. The van der Waals surface area contributed by atoms with Gasteiger partial charge in [-0.15, -0.1) is 0 Å². The van der Waals surface area contributed by atoms with Crippen LogP contribution >= 0.6 is 0 Å². The van der Waals surface area contributed by atoms with E-state index < -0.39 is 11.9 Å². The van der Waals surface area contributed by atoms with Crippen molar-refractivity contribution in [3.8, 4) is 0 Å². The smallest absolute Gasteiger partial charge is 0.339 e. The Morgan fingerprint density at radius 3 is 2.16 bits per heavy atom. The van der Waals surface area contributed by atoms with Crippen LogP contribution in [0.4, 0.5) is 0 Å². The zero-order chi connectivity index (χ0) is 18.1. The van der Waals surface area contributed by atoms with Gasteiger partial charge in [0.15, 0.2) is 0 Å². The van der Waals surface area contributed by atoms with Gasteiger partial charge in [0.25, 0.3) is 0 Å². The molecule has 4 atom stereocenters. The zero-order valence-electron chi connectivity index (χ0n) is 14.8. The van der Waals surface area contributed by atoms with Gasteiger partial charge in [0.05, 0.1) is 24.8 Å². The molecule has 25 heavy (non-hydrogen) atoms. The molecular formula is C20H24O5. The Morgan fingerprint density at radius 1 is 1.04 bits per heavy atom. The minimum absolute atomic E-state index is 0.104. The largest absolute Gasteiger partial charge is 0.465 e. The number of aliphatic hydroxyl groups is 1.